The first kappa shape index (κ1) is 17.7. The summed E-state index contributed by atoms with van der Waals surface area (Å²) in [5, 5.41) is 3.29. The maximum atomic E-state index is 12.8. The van der Waals surface area contributed by atoms with Crippen LogP contribution in [-0.2, 0) is 19.3 Å². The summed E-state index contributed by atoms with van der Waals surface area (Å²) in [6, 6.07) is 8.33. The third-order valence-electron chi connectivity index (χ3n) is 4.49. The minimum Gasteiger partial charge on any atom is -0.357 e. The summed E-state index contributed by atoms with van der Waals surface area (Å²) >= 11 is 0. The van der Waals surface area contributed by atoms with E-state index in [0.29, 0.717) is 13.1 Å². The van der Waals surface area contributed by atoms with Gasteiger partial charge in [-0.05, 0) is 54.7 Å². The monoisotopic (exact) mass is 349 g/mol. The highest BCUT2D eigenvalue weighted by atomic mass is 19.4. The zero-order valence-electron chi connectivity index (χ0n) is 14.2. The summed E-state index contributed by atoms with van der Waals surface area (Å²) in [6.45, 7) is 4.78. The van der Waals surface area contributed by atoms with Crippen LogP contribution in [0.1, 0.15) is 35.1 Å². The third kappa shape index (κ3) is 4.51. The molecule has 0 saturated carbocycles. The molecular formula is C19H22F3N3. The van der Waals surface area contributed by atoms with E-state index in [-0.39, 0.29) is 5.56 Å². The Bertz CT molecular complexity index is 722. The molecule has 1 aromatic carbocycles. The van der Waals surface area contributed by atoms with E-state index < -0.39 is 11.7 Å². The molecule has 0 spiro atoms. The van der Waals surface area contributed by atoms with Crippen LogP contribution in [0, 0.1) is 6.92 Å². The zero-order valence-corrected chi connectivity index (χ0v) is 14.2. The molecule has 0 radical (unpaired) electrons. The fraction of sp³-hybridized carbons (Fsp3) is 0.421. The number of hydrogen-bond acceptors (Lipinski definition) is 3. The maximum absolute atomic E-state index is 12.8. The van der Waals surface area contributed by atoms with Crippen molar-refractivity contribution < 1.29 is 13.2 Å². The van der Waals surface area contributed by atoms with Crippen LogP contribution in [0.2, 0.25) is 0 Å². The van der Waals surface area contributed by atoms with Gasteiger partial charge in [0.2, 0.25) is 0 Å². The van der Waals surface area contributed by atoms with Crippen LogP contribution in [0.15, 0.2) is 36.5 Å². The van der Waals surface area contributed by atoms with E-state index in [0.717, 1.165) is 36.1 Å². The molecule has 1 aliphatic rings. The Morgan fingerprint density at radius 3 is 2.36 bits per heavy atom. The Morgan fingerprint density at radius 2 is 1.72 bits per heavy atom. The van der Waals surface area contributed by atoms with Crippen LogP contribution in [0.3, 0.4) is 0 Å². The Kier molecular flexibility index (Phi) is 5.27. The highest BCUT2D eigenvalue weighted by Gasteiger charge is 2.32. The predicted octanol–water partition coefficient (Wildman–Crippen LogP) is 4.30. The van der Waals surface area contributed by atoms with Gasteiger partial charge in [0.15, 0.2) is 0 Å². The molecule has 0 unspecified atom stereocenters. The van der Waals surface area contributed by atoms with E-state index in [1.54, 1.807) is 6.07 Å². The average Bonchev–Trinajstić information content (AvgIpc) is 3.08. The number of aromatic nitrogens is 1. The van der Waals surface area contributed by atoms with Crippen molar-refractivity contribution in [1.82, 2.24) is 10.3 Å². The summed E-state index contributed by atoms with van der Waals surface area (Å²) in [5.41, 5.74) is 1.66. The molecule has 0 amide bonds. The molecule has 6 heteroatoms. The topological polar surface area (TPSA) is 28.2 Å². The molecule has 0 bridgehead atoms. The molecule has 1 aromatic heterocycles. The van der Waals surface area contributed by atoms with Crippen molar-refractivity contribution >= 4 is 5.82 Å². The van der Waals surface area contributed by atoms with Gasteiger partial charge < -0.3 is 10.2 Å². The smallest absolute Gasteiger partial charge is 0.357 e. The van der Waals surface area contributed by atoms with Gasteiger partial charge in [-0.3, -0.25) is 0 Å². The fourth-order valence-corrected chi connectivity index (χ4v) is 3.19. The second-order valence-electron chi connectivity index (χ2n) is 6.47. The van der Waals surface area contributed by atoms with Gasteiger partial charge in [0.05, 0.1) is 5.56 Å². The average molecular weight is 349 g/mol. The minimum absolute atomic E-state index is 0.257. The number of anilines is 1. The number of nitrogens with zero attached hydrogens (tertiary/aromatic N) is 2. The summed E-state index contributed by atoms with van der Waals surface area (Å²) < 4.78 is 38.4. The lowest BCUT2D eigenvalue weighted by Crippen LogP contribution is -2.19. The lowest BCUT2D eigenvalue weighted by Gasteiger charge is -2.17. The number of rotatable bonds is 5. The first-order valence-electron chi connectivity index (χ1n) is 8.51. The van der Waals surface area contributed by atoms with Crippen molar-refractivity contribution in [2.75, 3.05) is 18.0 Å². The number of halogens is 3. The SMILES string of the molecule is Cc1cc(CNCc2ccnc(N3CCCC3)c2)ccc1C(F)(F)F. The van der Waals surface area contributed by atoms with Gasteiger partial charge in [-0.1, -0.05) is 12.1 Å². The van der Waals surface area contributed by atoms with Crippen molar-refractivity contribution in [2.45, 2.75) is 39.0 Å². The molecule has 1 fully saturated rings. The number of aryl methyl sites for hydroxylation is 1. The number of alkyl halides is 3. The molecule has 25 heavy (non-hydrogen) atoms. The van der Waals surface area contributed by atoms with Crippen LogP contribution in [-0.4, -0.2) is 18.1 Å². The Labute approximate surface area is 145 Å². The highest BCUT2D eigenvalue weighted by Crippen LogP contribution is 2.32. The standard InChI is InChI=1S/C19H22F3N3/c1-14-10-15(4-5-17(14)19(20,21)22)12-23-13-16-6-7-24-18(11-16)25-8-2-3-9-25/h4-7,10-11,23H,2-3,8-9,12-13H2,1H3. The molecule has 1 aliphatic heterocycles. The quantitative estimate of drug-likeness (QED) is 0.872. The van der Waals surface area contributed by atoms with Gasteiger partial charge in [-0.2, -0.15) is 13.2 Å². The first-order chi connectivity index (χ1) is 11.9. The molecule has 0 atom stereocenters. The number of pyridine rings is 1. The van der Waals surface area contributed by atoms with E-state index in [1.807, 2.05) is 12.3 Å². The van der Waals surface area contributed by atoms with Crippen LogP contribution in [0.25, 0.3) is 0 Å². The van der Waals surface area contributed by atoms with E-state index >= 15 is 0 Å². The fourth-order valence-electron chi connectivity index (χ4n) is 3.19. The van der Waals surface area contributed by atoms with Crippen LogP contribution in [0.4, 0.5) is 19.0 Å². The molecule has 134 valence electrons. The molecule has 1 N–H and O–H groups in total. The Hall–Kier alpha value is -2.08. The Morgan fingerprint density at radius 1 is 1.04 bits per heavy atom. The predicted molar refractivity (Wildman–Crippen MR) is 92.4 cm³/mol. The lowest BCUT2D eigenvalue weighted by atomic mass is 10.0. The largest absolute Gasteiger partial charge is 0.416 e. The molecule has 2 heterocycles. The number of nitrogens with one attached hydrogen (secondary N) is 1. The second-order valence-corrected chi connectivity index (χ2v) is 6.47. The molecule has 3 nitrogen and oxygen atoms in total. The van der Waals surface area contributed by atoms with E-state index in [4.69, 9.17) is 0 Å². The van der Waals surface area contributed by atoms with Gasteiger partial charge in [0.25, 0.3) is 0 Å². The second kappa shape index (κ2) is 7.44. The van der Waals surface area contributed by atoms with Crippen molar-refractivity contribution in [1.29, 1.82) is 0 Å². The van der Waals surface area contributed by atoms with Crippen LogP contribution >= 0.6 is 0 Å². The number of hydrogen-bond donors (Lipinski definition) is 1. The normalized spacial score (nSPS) is 15.0. The lowest BCUT2D eigenvalue weighted by molar-refractivity contribution is -0.138. The number of benzene rings is 1. The van der Waals surface area contributed by atoms with E-state index in [1.165, 1.54) is 25.8 Å². The van der Waals surface area contributed by atoms with Crippen molar-refractivity contribution in [3.63, 3.8) is 0 Å². The van der Waals surface area contributed by atoms with Crippen molar-refractivity contribution in [3.05, 3.63) is 58.8 Å². The van der Waals surface area contributed by atoms with E-state index in [2.05, 4.69) is 21.3 Å². The molecular weight excluding hydrogens is 327 g/mol. The third-order valence-corrected chi connectivity index (χ3v) is 4.49. The van der Waals surface area contributed by atoms with Gasteiger partial charge in [-0.25, -0.2) is 4.98 Å². The highest BCUT2D eigenvalue weighted by molar-refractivity contribution is 5.41. The zero-order chi connectivity index (χ0) is 17.9. The van der Waals surface area contributed by atoms with Crippen LogP contribution < -0.4 is 10.2 Å². The van der Waals surface area contributed by atoms with E-state index in [9.17, 15) is 13.2 Å². The molecule has 0 aliphatic carbocycles. The summed E-state index contributed by atoms with van der Waals surface area (Å²) in [5.74, 6) is 1.00. The van der Waals surface area contributed by atoms with Gasteiger partial charge in [0.1, 0.15) is 5.82 Å². The summed E-state index contributed by atoms with van der Waals surface area (Å²) in [4.78, 5) is 6.70. The molecule has 1 saturated heterocycles. The maximum Gasteiger partial charge on any atom is 0.416 e. The van der Waals surface area contributed by atoms with Crippen molar-refractivity contribution in [2.24, 2.45) is 0 Å². The van der Waals surface area contributed by atoms with Gasteiger partial charge in [0, 0.05) is 32.4 Å². The summed E-state index contributed by atoms with van der Waals surface area (Å²) in [7, 11) is 0. The first-order valence-corrected chi connectivity index (χ1v) is 8.51. The molecule has 3 rings (SSSR count). The van der Waals surface area contributed by atoms with Gasteiger partial charge >= 0.3 is 6.18 Å². The Balaban J connectivity index is 1.58. The van der Waals surface area contributed by atoms with Crippen molar-refractivity contribution in [3.8, 4) is 0 Å². The molecule has 2 aromatic rings. The minimum atomic E-state index is -4.29. The van der Waals surface area contributed by atoms with Gasteiger partial charge in [-0.15, -0.1) is 0 Å². The van der Waals surface area contributed by atoms with Crippen LogP contribution in [0.5, 0.6) is 0 Å². The summed E-state index contributed by atoms with van der Waals surface area (Å²) in [6.07, 6.45) is -0.0686.